The zero-order valence-electron chi connectivity index (χ0n) is 13.2. The van der Waals surface area contributed by atoms with Crippen molar-refractivity contribution in [2.75, 3.05) is 18.1 Å². The Morgan fingerprint density at radius 3 is 2.39 bits per heavy atom. The third-order valence-electron chi connectivity index (χ3n) is 4.00. The molecule has 4 heteroatoms. The Kier molecular flexibility index (Phi) is 5.68. The lowest BCUT2D eigenvalue weighted by Crippen LogP contribution is -2.27. The van der Waals surface area contributed by atoms with Gasteiger partial charge < -0.3 is 5.32 Å². The Hall–Kier alpha value is -1.39. The average Bonchev–Trinajstić information content (AvgIpc) is 3.15. The van der Waals surface area contributed by atoms with Crippen LogP contribution < -0.4 is 5.32 Å². The van der Waals surface area contributed by atoms with Crippen molar-refractivity contribution in [2.45, 2.75) is 17.4 Å². The van der Waals surface area contributed by atoms with Gasteiger partial charge in [0, 0.05) is 23.6 Å². The highest BCUT2D eigenvalue weighted by atomic mass is 32.2. The fourth-order valence-electron chi connectivity index (χ4n) is 2.59. The molecule has 1 atom stereocenters. The Labute approximate surface area is 146 Å². The molecule has 1 fully saturated rings. The van der Waals surface area contributed by atoms with Gasteiger partial charge in [0.1, 0.15) is 0 Å². The van der Waals surface area contributed by atoms with Crippen molar-refractivity contribution < 1.29 is 4.79 Å². The summed E-state index contributed by atoms with van der Waals surface area (Å²) < 4.78 is 0.533. The van der Waals surface area contributed by atoms with Gasteiger partial charge in [-0.1, -0.05) is 49.4 Å². The summed E-state index contributed by atoms with van der Waals surface area (Å²) in [5.74, 6) is 2.75. The van der Waals surface area contributed by atoms with Crippen molar-refractivity contribution in [1.29, 1.82) is 0 Å². The van der Waals surface area contributed by atoms with Crippen LogP contribution in [0.4, 0.5) is 0 Å². The molecular formula is C19H21NOS2. The maximum Gasteiger partial charge on any atom is 0.251 e. The number of carbonyl (C=O) groups excluding carboxylic acids is 1. The molecule has 0 spiro atoms. The van der Waals surface area contributed by atoms with E-state index in [1.165, 1.54) is 22.6 Å². The van der Waals surface area contributed by atoms with Gasteiger partial charge in [0.15, 0.2) is 0 Å². The molecule has 3 rings (SSSR count). The van der Waals surface area contributed by atoms with E-state index in [9.17, 15) is 4.79 Å². The Morgan fingerprint density at radius 2 is 1.74 bits per heavy atom. The van der Waals surface area contributed by atoms with Crippen LogP contribution in [0.3, 0.4) is 0 Å². The van der Waals surface area contributed by atoms with Crippen molar-refractivity contribution in [2.24, 2.45) is 0 Å². The third-order valence-corrected chi connectivity index (χ3v) is 7.11. The zero-order chi connectivity index (χ0) is 16.1. The number of hydrogen-bond donors (Lipinski definition) is 1. The van der Waals surface area contributed by atoms with Gasteiger partial charge in [-0.05, 0) is 29.2 Å². The molecule has 0 aliphatic carbocycles. The number of thioether (sulfide) groups is 2. The second kappa shape index (κ2) is 7.93. The lowest BCUT2D eigenvalue weighted by molar-refractivity contribution is 0.0951. The van der Waals surface area contributed by atoms with Crippen LogP contribution in [-0.2, 0) is 0 Å². The molecule has 1 N–H and O–H groups in total. The van der Waals surface area contributed by atoms with E-state index < -0.39 is 0 Å². The van der Waals surface area contributed by atoms with Gasteiger partial charge in [-0.2, -0.15) is 0 Å². The number of amides is 1. The van der Waals surface area contributed by atoms with Crippen LogP contribution in [0.1, 0.15) is 38.9 Å². The lowest BCUT2D eigenvalue weighted by atomic mass is 10.0. The minimum Gasteiger partial charge on any atom is -0.351 e. The lowest BCUT2D eigenvalue weighted by Gasteiger charge is -2.13. The summed E-state index contributed by atoms with van der Waals surface area (Å²) in [6.07, 6.45) is 0. The highest BCUT2D eigenvalue weighted by molar-refractivity contribution is 8.19. The first kappa shape index (κ1) is 16.5. The molecule has 1 saturated heterocycles. The van der Waals surface area contributed by atoms with Gasteiger partial charge >= 0.3 is 0 Å². The van der Waals surface area contributed by atoms with E-state index >= 15 is 0 Å². The van der Waals surface area contributed by atoms with Gasteiger partial charge in [-0.3, -0.25) is 4.79 Å². The third kappa shape index (κ3) is 4.33. The van der Waals surface area contributed by atoms with Gasteiger partial charge in [0.25, 0.3) is 5.91 Å². The van der Waals surface area contributed by atoms with Gasteiger partial charge in [0.2, 0.25) is 0 Å². The summed E-state index contributed by atoms with van der Waals surface area (Å²) in [6.45, 7) is 2.78. The normalized spacial score (nSPS) is 16.2. The number of rotatable bonds is 5. The summed E-state index contributed by atoms with van der Waals surface area (Å²) in [5, 5.41) is 3.04. The Morgan fingerprint density at radius 1 is 1.09 bits per heavy atom. The molecule has 2 aromatic rings. The van der Waals surface area contributed by atoms with Crippen molar-refractivity contribution in [1.82, 2.24) is 5.32 Å². The minimum absolute atomic E-state index is 0.00561. The predicted molar refractivity (Wildman–Crippen MR) is 101 cm³/mol. The van der Waals surface area contributed by atoms with E-state index in [-0.39, 0.29) is 5.91 Å². The largest absolute Gasteiger partial charge is 0.351 e. The number of hydrogen-bond acceptors (Lipinski definition) is 3. The maximum absolute atomic E-state index is 12.3. The number of nitrogens with one attached hydrogen (secondary N) is 1. The first-order chi connectivity index (χ1) is 11.2. The van der Waals surface area contributed by atoms with E-state index in [0.29, 0.717) is 17.0 Å². The van der Waals surface area contributed by atoms with Crippen molar-refractivity contribution in [3.63, 3.8) is 0 Å². The molecule has 23 heavy (non-hydrogen) atoms. The fraction of sp³-hybridized carbons (Fsp3) is 0.316. The van der Waals surface area contributed by atoms with Gasteiger partial charge in [-0.15, -0.1) is 23.5 Å². The summed E-state index contributed by atoms with van der Waals surface area (Å²) in [4.78, 5) is 12.3. The topological polar surface area (TPSA) is 29.1 Å². The Balaban J connectivity index is 1.55. The molecule has 1 amide bonds. The molecule has 0 unspecified atom stereocenters. The molecule has 2 aromatic carbocycles. The van der Waals surface area contributed by atoms with Gasteiger partial charge in [-0.25, -0.2) is 0 Å². The number of benzene rings is 2. The minimum atomic E-state index is 0.00561. The van der Waals surface area contributed by atoms with E-state index in [2.05, 4.69) is 36.5 Å². The molecule has 1 aliphatic rings. The van der Waals surface area contributed by atoms with Crippen LogP contribution in [0.2, 0.25) is 0 Å². The van der Waals surface area contributed by atoms with Gasteiger partial charge in [0.05, 0.1) is 4.58 Å². The van der Waals surface area contributed by atoms with E-state index in [1.807, 2.05) is 53.9 Å². The average molecular weight is 344 g/mol. The molecule has 0 radical (unpaired) electrons. The molecule has 1 heterocycles. The molecule has 2 nitrogen and oxygen atoms in total. The SMILES string of the molecule is C[C@H](CNC(=O)c1ccc(C2SCCS2)cc1)c1ccccc1. The van der Waals surface area contributed by atoms with Crippen LogP contribution in [-0.4, -0.2) is 24.0 Å². The smallest absolute Gasteiger partial charge is 0.251 e. The van der Waals surface area contributed by atoms with Crippen molar-refractivity contribution in [3.05, 3.63) is 71.3 Å². The molecular weight excluding hydrogens is 322 g/mol. The highest BCUT2D eigenvalue weighted by Crippen LogP contribution is 2.45. The summed E-state index contributed by atoms with van der Waals surface area (Å²) in [7, 11) is 0. The quantitative estimate of drug-likeness (QED) is 0.853. The number of carbonyl (C=O) groups is 1. The fourth-order valence-corrected chi connectivity index (χ4v) is 5.45. The second-order valence-electron chi connectivity index (χ2n) is 5.72. The van der Waals surface area contributed by atoms with Crippen LogP contribution in [0.15, 0.2) is 54.6 Å². The van der Waals surface area contributed by atoms with Crippen LogP contribution in [0.5, 0.6) is 0 Å². The summed E-state index contributed by atoms with van der Waals surface area (Å²) in [5.41, 5.74) is 3.30. The monoisotopic (exact) mass is 343 g/mol. The van der Waals surface area contributed by atoms with Crippen LogP contribution in [0, 0.1) is 0 Å². The molecule has 120 valence electrons. The summed E-state index contributed by atoms with van der Waals surface area (Å²) in [6, 6.07) is 18.3. The second-order valence-corrected chi connectivity index (χ2v) is 8.44. The standard InChI is InChI=1S/C19H21NOS2/c1-14(15-5-3-2-4-6-15)13-20-18(21)16-7-9-17(10-8-16)19-22-11-12-23-19/h2-10,14,19H,11-13H2,1H3,(H,20,21)/t14-/m1/s1. The predicted octanol–water partition coefficient (Wildman–Crippen LogP) is 4.70. The van der Waals surface area contributed by atoms with Crippen molar-refractivity contribution in [3.8, 4) is 0 Å². The molecule has 1 aliphatic heterocycles. The van der Waals surface area contributed by atoms with Crippen LogP contribution >= 0.6 is 23.5 Å². The van der Waals surface area contributed by atoms with Crippen molar-refractivity contribution >= 4 is 29.4 Å². The maximum atomic E-state index is 12.3. The zero-order valence-corrected chi connectivity index (χ0v) is 14.8. The van der Waals surface area contributed by atoms with E-state index in [4.69, 9.17) is 0 Å². The molecule has 0 aromatic heterocycles. The summed E-state index contributed by atoms with van der Waals surface area (Å²) >= 11 is 3.97. The highest BCUT2D eigenvalue weighted by Gasteiger charge is 2.18. The molecule has 0 bridgehead atoms. The van der Waals surface area contributed by atoms with E-state index in [0.717, 1.165) is 5.56 Å². The van der Waals surface area contributed by atoms with E-state index in [1.54, 1.807) is 0 Å². The molecule has 0 saturated carbocycles. The van der Waals surface area contributed by atoms with Crippen LogP contribution in [0.25, 0.3) is 0 Å². The Bertz CT molecular complexity index is 636. The first-order valence-electron chi connectivity index (χ1n) is 7.90. The first-order valence-corrected chi connectivity index (χ1v) is 10.00.